The topological polar surface area (TPSA) is 31.0 Å². The van der Waals surface area contributed by atoms with Crippen molar-refractivity contribution in [1.82, 2.24) is 9.55 Å². The molecule has 0 saturated carbocycles. The zero-order chi connectivity index (χ0) is 25.8. The van der Waals surface area contributed by atoms with Crippen molar-refractivity contribution in [3.63, 3.8) is 0 Å². The van der Waals surface area contributed by atoms with Gasteiger partial charge in [0.25, 0.3) is 0 Å². The van der Waals surface area contributed by atoms with E-state index in [2.05, 4.69) is 119 Å². The van der Waals surface area contributed by atoms with Crippen LogP contribution in [0.2, 0.25) is 0 Å². The molecular formula is C34H33IrN2O-. The summed E-state index contributed by atoms with van der Waals surface area (Å²) < 4.78 is 8.93. The number of benzene rings is 4. The van der Waals surface area contributed by atoms with Crippen molar-refractivity contribution >= 4 is 33.0 Å². The van der Waals surface area contributed by atoms with Crippen LogP contribution in [0.4, 0.5) is 0 Å². The third-order valence-electron chi connectivity index (χ3n) is 7.47. The minimum Gasteiger partial charge on any atom is -0.501 e. The van der Waals surface area contributed by atoms with Crippen molar-refractivity contribution in [3.8, 4) is 17.1 Å². The fourth-order valence-corrected chi connectivity index (χ4v) is 5.47. The van der Waals surface area contributed by atoms with E-state index in [4.69, 9.17) is 9.40 Å². The number of para-hydroxylation sites is 3. The Kier molecular flexibility index (Phi) is 7.07. The number of imidazole rings is 1. The predicted molar refractivity (Wildman–Crippen MR) is 155 cm³/mol. The molecule has 4 aromatic carbocycles. The average Bonchev–Trinajstić information content (AvgIpc) is 3.46. The van der Waals surface area contributed by atoms with Gasteiger partial charge in [-0.15, -0.1) is 18.2 Å². The summed E-state index contributed by atoms with van der Waals surface area (Å²) in [5, 5.41) is 2.22. The maximum atomic E-state index is 6.59. The number of hydrogen-bond acceptors (Lipinski definition) is 2. The van der Waals surface area contributed by atoms with Crippen LogP contribution in [0.5, 0.6) is 0 Å². The summed E-state index contributed by atoms with van der Waals surface area (Å²) in [4.78, 5) is 5.20. The van der Waals surface area contributed by atoms with E-state index in [-0.39, 0.29) is 20.1 Å². The summed E-state index contributed by atoms with van der Waals surface area (Å²) in [6, 6.07) is 29.3. The normalized spacial score (nSPS) is 11.9. The van der Waals surface area contributed by atoms with Gasteiger partial charge in [0.05, 0.1) is 22.4 Å². The molecule has 4 heteroatoms. The molecule has 0 saturated heterocycles. The molecule has 0 aliphatic rings. The molecule has 38 heavy (non-hydrogen) atoms. The molecule has 3 nitrogen and oxygen atoms in total. The van der Waals surface area contributed by atoms with E-state index in [9.17, 15) is 0 Å². The third kappa shape index (κ3) is 4.21. The number of rotatable bonds is 5. The SMILES string of the molecule is CC(C)c1ccc2c(c1)oc1c(-c3nc4ccccc4n3-c3c(C(C)C)cccc3C(C)C)[c-]ccc12.[Ir]. The zero-order valence-corrected chi connectivity index (χ0v) is 25.2. The smallest absolute Gasteiger partial charge is 0.121 e. The summed E-state index contributed by atoms with van der Waals surface area (Å²) in [7, 11) is 0. The maximum absolute atomic E-state index is 6.59. The van der Waals surface area contributed by atoms with Crippen LogP contribution < -0.4 is 0 Å². The molecule has 0 unspecified atom stereocenters. The first-order valence-corrected chi connectivity index (χ1v) is 13.3. The maximum Gasteiger partial charge on any atom is 0.121 e. The molecule has 0 fully saturated rings. The van der Waals surface area contributed by atoms with E-state index >= 15 is 0 Å². The number of nitrogens with zero attached hydrogens (tertiary/aromatic N) is 2. The zero-order valence-electron chi connectivity index (χ0n) is 22.8. The Morgan fingerprint density at radius 2 is 1.47 bits per heavy atom. The number of hydrogen-bond donors (Lipinski definition) is 0. The molecule has 1 radical (unpaired) electrons. The Morgan fingerprint density at radius 1 is 0.763 bits per heavy atom. The van der Waals surface area contributed by atoms with Gasteiger partial charge in [0.15, 0.2) is 0 Å². The second-order valence-electron chi connectivity index (χ2n) is 11.0. The molecule has 6 rings (SSSR count). The van der Waals surface area contributed by atoms with Gasteiger partial charge in [-0.2, -0.15) is 0 Å². The van der Waals surface area contributed by atoms with Crippen molar-refractivity contribution < 1.29 is 24.5 Å². The van der Waals surface area contributed by atoms with Crippen molar-refractivity contribution in [2.45, 2.75) is 59.3 Å². The second-order valence-corrected chi connectivity index (χ2v) is 11.0. The molecule has 2 aromatic heterocycles. The molecule has 0 aliphatic heterocycles. The van der Waals surface area contributed by atoms with Crippen LogP contribution in [0, 0.1) is 6.07 Å². The Balaban J connectivity index is 0.00000294. The summed E-state index contributed by atoms with van der Waals surface area (Å²) in [5.41, 5.74) is 9.83. The van der Waals surface area contributed by atoms with Crippen LogP contribution in [0.1, 0.15) is 76.0 Å². The van der Waals surface area contributed by atoms with Crippen LogP contribution in [0.15, 0.2) is 77.2 Å². The van der Waals surface area contributed by atoms with Crippen molar-refractivity contribution in [2.24, 2.45) is 0 Å². The van der Waals surface area contributed by atoms with Gasteiger partial charge < -0.3 is 8.98 Å². The van der Waals surface area contributed by atoms with Gasteiger partial charge in [-0.3, -0.25) is 4.98 Å². The van der Waals surface area contributed by atoms with Gasteiger partial charge in [-0.1, -0.05) is 95.0 Å². The molecule has 6 aromatic rings. The van der Waals surface area contributed by atoms with E-state index in [1.807, 2.05) is 6.07 Å². The van der Waals surface area contributed by atoms with Crippen LogP contribution >= 0.6 is 0 Å². The van der Waals surface area contributed by atoms with Gasteiger partial charge >= 0.3 is 0 Å². The van der Waals surface area contributed by atoms with Crippen molar-refractivity contribution in [1.29, 1.82) is 0 Å². The van der Waals surface area contributed by atoms with Gasteiger partial charge in [0.2, 0.25) is 0 Å². The molecule has 0 amide bonds. The molecule has 0 bridgehead atoms. The van der Waals surface area contributed by atoms with E-state index in [0.717, 1.165) is 44.4 Å². The number of furan rings is 1. The standard InChI is InChI=1S/C34H33N2O.Ir/c1-20(2)23-17-18-26-27-13-10-14-28(33(27)37-31(26)19-23)34-35-29-15-7-8-16-30(29)36(34)32-24(21(3)4)11-9-12-25(32)22(5)6;/h7-13,15-22H,1-6H3;/q-1;. The Labute approximate surface area is 238 Å². The first-order valence-electron chi connectivity index (χ1n) is 13.3. The molecule has 195 valence electrons. The first-order chi connectivity index (χ1) is 17.8. The minimum absolute atomic E-state index is 0. The van der Waals surface area contributed by atoms with E-state index < -0.39 is 0 Å². The van der Waals surface area contributed by atoms with Crippen molar-refractivity contribution in [2.75, 3.05) is 0 Å². The summed E-state index contributed by atoms with van der Waals surface area (Å²) in [5.74, 6) is 2.03. The quantitative estimate of drug-likeness (QED) is 0.170. The first kappa shape index (κ1) is 26.4. The van der Waals surface area contributed by atoms with Gasteiger partial charge in [0.1, 0.15) is 5.58 Å². The monoisotopic (exact) mass is 678 g/mol. The molecular weight excluding hydrogens is 645 g/mol. The van der Waals surface area contributed by atoms with Crippen LogP contribution in [0.3, 0.4) is 0 Å². The molecule has 0 N–H and O–H groups in total. The molecule has 0 atom stereocenters. The molecule has 2 heterocycles. The van der Waals surface area contributed by atoms with Crippen LogP contribution in [-0.4, -0.2) is 9.55 Å². The van der Waals surface area contributed by atoms with Crippen LogP contribution in [0.25, 0.3) is 50.0 Å². The van der Waals surface area contributed by atoms with Gasteiger partial charge in [-0.25, -0.2) is 0 Å². The second kappa shape index (κ2) is 10.2. The van der Waals surface area contributed by atoms with Crippen LogP contribution in [-0.2, 0) is 20.1 Å². The Bertz CT molecular complexity index is 1740. The average molecular weight is 678 g/mol. The van der Waals surface area contributed by atoms with E-state index in [1.54, 1.807) is 0 Å². The fraction of sp³-hybridized carbons (Fsp3) is 0.265. The van der Waals surface area contributed by atoms with Gasteiger partial charge in [-0.05, 0) is 52.6 Å². The molecule has 0 spiro atoms. The number of aromatic nitrogens is 2. The van der Waals surface area contributed by atoms with E-state index in [1.165, 1.54) is 22.4 Å². The third-order valence-corrected chi connectivity index (χ3v) is 7.47. The summed E-state index contributed by atoms with van der Waals surface area (Å²) in [6.45, 7) is 13.5. The largest absolute Gasteiger partial charge is 0.501 e. The minimum atomic E-state index is 0. The fourth-order valence-electron chi connectivity index (χ4n) is 5.47. The Morgan fingerprint density at radius 3 is 2.16 bits per heavy atom. The predicted octanol–water partition coefficient (Wildman–Crippen LogP) is 9.76. The Hall–Kier alpha value is -3.20. The van der Waals surface area contributed by atoms with Gasteiger partial charge in [0, 0.05) is 31.2 Å². The van der Waals surface area contributed by atoms with E-state index in [0.29, 0.717) is 17.8 Å². The molecule has 0 aliphatic carbocycles. The summed E-state index contributed by atoms with van der Waals surface area (Å²) >= 11 is 0. The summed E-state index contributed by atoms with van der Waals surface area (Å²) in [6.07, 6.45) is 0. The number of fused-ring (bicyclic) bond motifs is 4. The van der Waals surface area contributed by atoms with Crippen molar-refractivity contribution in [3.05, 3.63) is 95.6 Å².